The Morgan fingerprint density at radius 1 is 0.962 bits per heavy atom. The zero-order chi connectivity index (χ0) is 17.9. The van der Waals surface area contributed by atoms with E-state index in [9.17, 15) is 9.59 Å². The highest BCUT2D eigenvalue weighted by atomic mass is 16.4. The minimum Gasteiger partial charge on any atom is -0.408 e. The highest BCUT2D eigenvalue weighted by Crippen LogP contribution is 2.14. The van der Waals surface area contributed by atoms with Crippen LogP contribution in [0.25, 0.3) is 11.1 Å². The highest BCUT2D eigenvalue weighted by molar-refractivity contribution is 5.89. The lowest BCUT2D eigenvalue weighted by atomic mass is 10.3. The van der Waals surface area contributed by atoms with Crippen LogP contribution in [0.2, 0.25) is 0 Å². The summed E-state index contributed by atoms with van der Waals surface area (Å²) >= 11 is 0. The number of anilines is 1. The van der Waals surface area contributed by atoms with Crippen molar-refractivity contribution in [3.8, 4) is 0 Å². The maximum Gasteiger partial charge on any atom is 0.421 e. The number of carbonyl (C=O) groups is 1. The summed E-state index contributed by atoms with van der Waals surface area (Å²) in [5, 5.41) is 2.90. The standard InChI is InChI=1S/C19H20N4O3/c24-18(20-15-6-2-1-3-7-15)22-12-10-21(11-13-22)14-23-16-8-4-5-9-17(16)26-19(23)25/h1-9H,10-14H2,(H,20,24). The second-order valence-electron chi connectivity index (χ2n) is 6.31. The summed E-state index contributed by atoms with van der Waals surface area (Å²) in [6.45, 7) is 3.10. The average molecular weight is 352 g/mol. The quantitative estimate of drug-likeness (QED) is 0.786. The molecule has 2 heterocycles. The Morgan fingerprint density at radius 3 is 2.42 bits per heavy atom. The number of nitrogens with one attached hydrogen (secondary N) is 1. The summed E-state index contributed by atoms with van der Waals surface area (Å²) in [5.74, 6) is -0.351. The molecule has 0 aliphatic carbocycles. The summed E-state index contributed by atoms with van der Waals surface area (Å²) in [4.78, 5) is 28.4. The van der Waals surface area contributed by atoms with Crippen molar-refractivity contribution < 1.29 is 9.21 Å². The summed E-state index contributed by atoms with van der Waals surface area (Å²) in [6.07, 6.45) is 0. The molecule has 0 radical (unpaired) electrons. The summed E-state index contributed by atoms with van der Waals surface area (Å²) in [7, 11) is 0. The summed E-state index contributed by atoms with van der Waals surface area (Å²) in [5.41, 5.74) is 2.18. The Hall–Kier alpha value is -3.06. The van der Waals surface area contributed by atoms with Gasteiger partial charge in [-0.2, -0.15) is 0 Å². The molecule has 1 aromatic heterocycles. The van der Waals surface area contributed by atoms with Crippen LogP contribution in [0.5, 0.6) is 0 Å². The number of nitrogens with zero attached hydrogens (tertiary/aromatic N) is 3. The monoisotopic (exact) mass is 352 g/mol. The zero-order valence-corrected chi connectivity index (χ0v) is 14.3. The molecule has 7 heteroatoms. The van der Waals surface area contributed by atoms with Gasteiger partial charge in [0.25, 0.3) is 0 Å². The fourth-order valence-electron chi connectivity index (χ4n) is 3.16. The molecule has 1 aliphatic heterocycles. The van der Waals surface area contributed by atoms with Crippen molar-refractivity contribution in [1.29, 1.82) is 0 Å². The first-order chi connectivity index (χ1) is 12.7. The van der Waals surface area contributed by atoms with Crippen molar-refractivity contribution >= 4 is 22.8 Å². The van der Waals surface area contributed by atoms with Crippen LogP contribution in [-0.4, -0.2) is 46.6 Å². The predicted octanol–water partition coefficient (Wildman–Crippen LogP) is 2.40. The number of hydrogen-bond acceptors (Lipinski definition) is 4. The topological polar surface area (TPSA) is 70.7 Å². The van der Waals surface area contributed by atoms with Crippen LogP contribution < -0.4 is 11.1 Å². The number of carbonyl (C=O) groups excluding carboxylic acids is 1. The molecule has 134 valence electrons. The number of aromatic nitrogens is 1. The first-order valence-corrected chi connectivity index (χ1v) is 8.62. The Kier molecular flexibility index (Phi) is 4.45. The normalized spacial score (nSPS) is 15.3. The van der Waals surface area contributed by atoms with Crippen LogP contribution >= 0.6 is 0 Å². The van der Waals surface area contributed by atoms with Gasteiger partial charge in [-0.05, 0) is 24.3 Å². The molecule has 2 aromatic carbocycles. The van der Waals surface area contributed by atoms with Gasteiger partial charge < -0.3 is 14.6 Å². The number of para-hydroxylation sites is 3. The van der Waals surface area contributed by atoms with Crippen molar-refractivity contribution in [2.45, 2.75) is 6.67 Å². The SMILES string of the molecule is O=C(Nc1ccccc1)N1CCN(Cn2c(=O)oc3ccccc32)CC1. The van der Waals surface area contributed by atoms with Gasteiger partial charge in [-0.25, -0.2) is 9.59 Å². The number of hydrogen-bond donors (Lipinski definition) is 1. The van der Waals surface area contributed by atoms with Gasteiger partial charge in [0.2, 0.25) is 0 Å². The molecule has 4 rings (SSSR count). The van der Waals surface area contributed by atoms with Gasteiger partial charge in [0.1, 0.15) is 0 Å². The fraction of sp³-hybridized carbons (Fsp3) is 0.263. The third-order valence-electron chi connectivity index (χ3n) is 4.60. The van der Waals surface area contributed by atoms with Crippen molar-refractivity contribution in [3.63, 3.8) is 0 Å². The lowest BCUT2D eigenvalue weighted by Crippen LogP contribution is -2.50. The molecule has 26 heavy (non-hydrogen) atoms. The number of fused-ring (bicyclic) bond motifs is 1. The van der Waals surface area contributed by atoms with Crippen LogP contribution in [0.3, 0.4) is 0 Å². The molecule has 0 atom stereocenters. The molecule has 7 nitrogen and oxygen atoms in total. The molecule has 2 amide bonds. The lowest BCUT2D eigenvalue weighted by molar-refractivity contribution is 0.123. The van der Waals surface area contributed by atoms with Gasteiger partial charge in [-0.3, -0.25) is 9.47 Å². The Morgan fingerprint density at radius 2 is 1.65 bits per heavy atom. The van der Waals surface area contributed by atoms with E-state index in [0.717, 1.165) is 11.2 Å². The van der Waals surface area contributed by atoms with E-state index in [1.165, 1.54) is 0 Å². The van der Waals surface area contributed by atoms with Crippen LogP contribution in [0.15, 0.2) is 63.8 Å². The minimum absolute atomic E-state index is 0.0956. The molecule has 1 saturated heterocycles. The molecular weight excluding hydrogens is 332 g/mol. The maximum atomic E-state index is 12.3. The van der Waals surface area contributed by atoms with E-state index in [-0.39, 0.29) is 11.8 Å². The summed E-state index contributed by atoms with van der Waals surface area (Å²) < 4.78 is 6.91. The van der Waals surface area contributed by atoms with Gasteiger partial charge in [0.05, 0.1) is 12.2 Å². The minimum atomic E-state index is -0.351. The molecule has 1 fully saturated rings. The van der Waals surface area contributed by atoms with Crippen molar-refractivity contribution in [2.75, 3.05) is 31.5 Å². The number of urea groups is 1. The van der Waals surface area contributed by atoms with Gasteiger partial charge in [-0.15, -0.1) is 0 Å². The van der Waals surface area contributed by atoms with Crippen LogP contribution in [0.1, 0.15) is 0 Å². The molecule has 0 spiro atoms. The largest absolute Gasteiger partial charge is 0.421 e. The molecule has 3 aromatic rings. The highest BCUT2D eigenvalue weighted by Gasteiger charge is 2.22. The van der Waals surface area contributed by atoms with E-state index in [0.29, 0.717) is 38.4 Å². The number of rotatable bonds is 3. The molecule has 0 unspecified atom stereocenters. The molecule has 0 bridgehead atoms. The van der Waals surface area contributed by atoms with Crippen molar-refractivity contribution in [1.82, 2.24) is 14.4 Å². The second-order valence-corrected chi connectivity index (χ2v) is 6.31. The van der Waals surface area contributed by atoms with E-state index < -0.39 is 0 Å². The molecule has 1 N–H and O–H groups in total. The first kappa shape index (κ1) is 16.4. The predicted molar refractivity (Wildman–Crippen MR) is 99.1 cm³/mol. The van der Waals surface area contributed by atoms with Gasteiger partial charge >= 0.3 is 11.8 Å². The van der Waals surface area contributed by atoms with E-state index in [1.54, 1.807) is 15.5 Å². The van der Waals surface area contributed by atoms with Crippen molar-refractivity contribution in [3.05, 3.63) is 65.1 Å². The van der Waals surface area contributed by atoms with E-state index in [1.807, 2.05) is 48.5 Å². The van der Waals surface area contributed by atoms with Crippen LogP contribution in [0, 0.1) is 0 Å². The Labute approximate surface area is 150 Å². The second kappa shape index (κ2) is 7.05. The molecular formula is C19H20N4O3. The third-order valence-corrected chi connectivity index (χ3v) is 4.60. The number of benzene rings is 2. The number of amides is 2. The Balaban J connectivity index is 1.37. The third kappa shape index (κ3) is 3.34. The van der Waals surface area contributed by atoms with E-state index >= 15 is 0 Å². The number of oxazole rings is 1. The van der Waals surface area contributed by atoms with Gasteiger partial charge in [0, 0.05) is 31.9 Å². The zero-order valence-electron chi connectivity index (χ0n) is 14.3. The van der Waals surface area contributed by atoms with E-state index in [4.69, 9.17) is 4.42 Å². The average Bonchev–Trinajstić information content (AvgIpc) is 2.98. The molecule has 1 aliphatic rings. The lowest BCUT2D eigenvalue weighted by Gasteiger charge is -2.34. The number of piperazine rings is 1. The maximum absolute atomic E-state index is 12.3. The van der Waals surface area contributed by atoms with Crippen LogP contribution in [-0.2, 0) is 6.67 Å². The smallest absolute Gasteiger partial charge is 0.408 e. The van der Waals surface area contributed by atoms with E-state index in [2.05, 4.69) is 10.2 Å². The first-order valence-electron chi connectivity index (χ1n) is 8.62. The fourth-order valence-corrected chi connectivity index (χ4v) is 3.16. The van der Waals surface area contributed by atoms with Crippen molar-refractivity contribution in [2.24, 2.45) is 0 Å². The van der Waals surface area contributed by atoms with Gasteiger partial charge in [-0.1, -0.05) is 30.3 Å². The van der Waals surface area contributed by atoms with Gasteiger partial charge in [0.15, 0.2) is 5.58 Å². The summed E-state index contributed by atoms with van der Waals surface area (Å²) in [6, 6.07) is 16.7. The molecule has 0 saturated carbocycles. The van der Waals surface area contributed by atoms with Crippen LogP contribution in [0.4, 0.5) is 10.5 Å². The Bertz CT molecular complexity index is 956.